The molecule has 0 saturated carbocycles. The maximum Gasteiger partial charge on any atom is 0.234 e. The molecular weight excluding hydrogens is 234 g/mol. The summed E-state index contributed by atoms with van der Waals surface area (Å²) in [6, 6.07) is 5.02. The number of hydrogen-bond acceptors (Lipinski definition) is 4. The number of ketones is 1. The quantitative estimate of drug-likeness (QED) is 0.811. The Labute approximate surface area is 106 Å². The predicted molar refractivity (Wildman–Crippen MR) is 68.0 cm³/mol. The van der Waals surface area contributed by atoms with Gasteiger partial charge in [-0.15, -0.1) is 0 Å². The third-order valence-corrected chi connectivity index (χ3v) is 2.62. The second-order valence-electron chi connectivity index (χ2n) is 3.92. The molecule has 0 spiro atoms. The normalized spacial score (nSPS) is 11.6. The van der Waals surface area contributed by atoms with E-state index in [2.05, 4.69) is 5.32 Å². The van der Waals surface area contributed by atoms with E-state index in [4.69, 9.17) is 9.47 Å². The highest BCUT2D eigenvalue weighted by molar-refractivity contribution is 6.06. The van der Waals surface area contributed by atoms with Crippen LogP contribution in [0.15, 0.2) is 18.2 Å². The molecule has 1 unspecified atom stereocenters. The van der Waals surface area contributed by atoms with Crippen molar-refractivity contribution in [2.24, 2.45) is 5.92 Å². The van der Waals surface area contributed by atoms with Crippen LogP contribution in [-0.4, -0.2) is 25.9 Å². The van der Waals surface area contributed by atoms with Crippen molar-refractivity contribution < 1.29 is 19.1 Å². The number of amides is 1. The van der Waals surface area contributed by atoms with Gasteiger partial charge in [0, 0.05) is 23.9 Å². The summed E-state index contributed by atoms with van der Waals surface area (Å²) in [4.78, 5) is 22.9. The first-order valence-electron chi connectivity index (χ1n) is 5.52. The van der Waals surface area contributed by atoms with Crippen LogP contribution >= 0.6 is 0 Å². The third kappa shape index (κ3) is 3.48. The molecule has 18 heavy (non-hydrogen) atoms. The summed E-state index contributed by atoms with van der Waals surface area (Å²) in [5, 5.41) is 2.65. The molecule has 1 aromatic carbocycles. The standard InChI is InChI=1S/C13H17NO4/c1-8(9(2)15)13(16)14-10-5-11(17-3)7-12(6-10)18-4/h5-8H,1-4H3,(H,14,16). The van der Waals surface area contributed by atoms with Crippen LogP contribution in [-0.2, 0) is 9.59 Å². The zero-order chi connectivity index (χ0) is 13.7. The zero-order valence-electron chi connectivity index (χ0n) is 10.9. The molecule has 0 aromatic heterocycles. The van der Waals surface area contributed by atoms with E-state index < -0.39 is 5.92 Å². The lowest BCUT2D eigenvalue weighted by Crippen LogP contribution is -2.25. The Bertz CT molecular complexity index is 434. The largest absolute Gasteiger partial charge is 0.497 e. The van der Waals surface area contributed by atoms with Gasteiger partial charge in [-0.25, -0.2) is 0 Å². The van der Waals surface area contributed by atoms with Gasteiger partial charge in [-0.05, 0) is 13.8 Å². The molecule has 0 heterocycles. The summed E-state index contributed by atoms with van der Waals surface area (Å²) in [6.07, 6.45) is 0. The number of Topliss-reactive ketones (excluding diaryl/α,β-unsaturated/α-hetero) is 1. The lowest BCUT2D eigenvalue weighted by molar-refractivity contribution is -0.129. The Morgan fingerprint density at radius 2 is 1.61 bits per heavy atom. The number of methoxy groups -OCH3 is 2. The summed E-state index contributed by atoms with van der Waals surface area (Å²) in [7, 11) is 3.05. The molecule has 1 aromatic rings. The van der Waals surface area contributed by atoms with Crippen molar-refractivity contribution in [1.29, 1.82) is 0 Å². The van der Waals surface area contributed by atoms with Gasteiger partial charge >= 0.3 is 0 Å². The zero-order valence-corrected chi connectivity index (χ0v) is 10.9. The lowest BCUT2D eigenvalue weighted by atomic mass is 10.1. The Kier molecular flexibility index (Phi) is 4.71. The Hall–Kier alpha value is -2.04. The second-order valence-corrected chi connectivity index (χ2v) is 3.92. The summed E-state index contributed by atoms with van der Waals surface area (Å²) in [6.45, 7) is 2.95. The molecule has 5 nitrogen and oxygen atoms in total. The van der Waals surface area contributed by atoms with Gasteiger partial charge in [0.1, 0.15) is 17.3 Å². The van der Waals surface area contributed by atoms with Crippen molar-refractivity contribution in [3.8, 4) is 11.5 Å². The number of benzene rings is 1. The fraction of sp³-hybridized carbons (Fsp3) is 0.385. The van der Waals surface area contributed by atoms with Crippen LogP contribution in [0.2, 0.25) is 0 Å². The van der Waals surface area contributed by atoms with E-state index in [1.165, 1.54) is 21.1 Å². The molecule has 98 valence electrons. The summed E-state index contributed by atoms with van der Waals surface area (Å²) < 4.78 is 10.2. The highest BCUT2D eigenvalue weighted by Crippen LogP contribution is 2.26. The minimum absolute atomic E-state index is 0.178. The summed E-state index contributed by atoms with van der Waals surface area (Å²) in [5.41, 5.74) is 0.532. The third-order valence-electron chi connectivity index (χ3n) is 2.62. The van der Waals surface area contributed by atoms with Crippen LogP contribution in [0.25, 0.3) is 0 Å². The molecule has 0 radical (unpaired) electrons. The van der Waals surface area contributed by atoms with E-state index in [0.29, 0.717) is 17.2 Å². The summed E-state index contributed by atoms with van der Waals surface area (Å²) >= 11 is 0. The van der Waals surface area contributed by atoms with E-state index in [9.17, 15) is 9.59 Å². The van der Waals surface area contributed by atoms with Crippen LogP contribution in [0.4, 0.5) is 5.69 Å². The minimum atomic E-state index is -0.679. The molecule has 0 aliphatic rings. The highest BCUT2D eigenvalue weighted by atomic mass is 16.5. The highest BCUT2D eigenvalue weighted by Gasteiger charge is 2.17. The summed E-state index contributed by atoms with van der Waals surface area (Å²) in [5.74, 6) is -0.0670. The maximum absolute atomic E-state index is 11.7. The van der Waals surface area contributed by atoms with Crippen molar-refractivity contribution in [2.45, 2.75) is 13.8 Å². The van der Waals surface area contributed by atoms with Crippen molar-refractivity contribution in [1.82, 2.24) is 0 Å². The fourth-order valence-electron chi connectivity index (χ4n) is 1.31. The van der Waals surface area contributed by atoms with E-state index >= 15 is 0 Å². The predicted octanol–water partition coefficient (Wildman–Crippen LogP) is 1.87. The molecule has 0 fully saturated rings. The van der Waals surface area contributed by atoms with Gasteiger partial charge in [-0.2, -0.15) is 0 Å². The van der Waals surface area contributed by atoms with Gasteiger partial charge in [0.05, 0.1) is 20.1 Å². The number of nitrogens with one attached hydrogen (secondary N) is 1. The van der Waals surface area contributed by atoms with E-state index in [-0.39, 0.29) is 11.7 Å². The first kappa shape index (κ1) is 14.0. The molecule has 1 amide bonds. The van der Waals surface area contributed by atoms with E-state index in [0.717, 1.165) is 0 Å². The lowest BCUT2D eigenvalue weighted by Gasteiger charge is -2.12. The smallest absolute Gasteiger partial charge is 0.234 e. The molecule has 0 bridgehead atoms. The van der Waals surface area contributed by atoms with Crippen LogP contribution in [0, 0.1) is 5.92 Å². The Morgan fingerprint density at radius 3 is 2.00 bits per heavy atom. The molecule has 1 rings (SSSR count). The van der Waals surface area contributed by atoms with Crippen molar-refractivity contribution in [3.05, 3.63) is 18.2 Å². The number of carbonyl (C=O) groups is 2. The maximum atomic E-state index is 11.7. The first-order valence-corrected chi connectivity index (χ1v) is 5.52. The van der Waals surface area contributed by atoms with Gasteiger partial charge in [0.15, 0.2) is 0 Å². The molecule has 1 atom stereocenters. The van der Waals surface area contributed by atoms with Crippen molar-refractivity contribution >= 4 is 17.4 Å². The first-order chi connectivity index (χ1) is 8.47. The van der Waals surface area contributed by atoms with Gasteiger partial charge in [-0.1, -0.05) is 0 Å². The van der Waals surface area contributed by atoms with Gasteiger partial charge in [-0.3, -0.25) is 9.59 Å². The fourth-order valence-corrected chi connectivity index (χ4v) is 1.31. The second kappa shape index (κ2) is 6.05. The van der Waals surface area contributed by atoms with Crippen LogP contribution < -0.4 is 14.8 Å². The Balaban J connectivity index is 2.90. The number of ether oxygens (including phenoxy) is 2. The Morgan fingerprint density at radius 1 is 1.11 bits per heavy atom. The average molecular weight is 251 g/mol. The molecule has 0 aliphatic carbocycles. The topological polar surface area (TPSA) is 64.6 Å². The number of rotatable bonds is 5. The van der Waals surface area contributed by atoms with Crippen molar-refractivity contribution in [3.63, 3.8) is 0 Å². The van der Waals surface area contributed by atoms with Gasteiger partial charge in [0.25, 0.3) is 0 Å². The van der Waals surface area contributed by atoms with E-state index in [1.54, 1.807) is 25.1 Å². The van der Waals surface area contributed by atoms with Crippen molar-refractivity contribution in [2.75, 3.05) is 19.5 Å². The van der Waals surface area contributed by atoms with Gasteiger partial charge < -0.3 is 14.8 Å². The van der Waals surface area contributed by atoms with Crippen LogP contribution in [0.1, 0.15) is 13.8 Å². The van der Waals surface area contributed by atoms with E-state index in [1.807, 2.05) is 0 Å². The minimum Gasteiger partial charge on any atom is -0.497 e. The SMILES string of the molecule is COc1cc(NC(=O)C(C)C(C)=O)cc(OC)c1. The molecule has 5 heteroatoms. The molecule has 0 aliphatic heterocycles. The number of anilines is 1. The van der Waals surface area contributed by atoms with Crippen LogP contribution in [0.5, 0.6) is 11.5 Å². The number of hydrogen-bond donors (Lipinski definition) is 1. The monoisotopic (exact) mass is 251 g/mol. The molecule has 0 saturated heterocycles. The van der Waals surface area contributed by atoms with Gasteiger partial charge in [0.2, 0.25) is 5.91 Å². The molecular formula is C13H17NO4. The number of carbonyl (C=O) groups excluding carboxylic acids is 2. The van der Waals surface area contributed by atoms with Crippen LogP contribution in [0.3, 0.4) is 0 Å². The molecule has 1 N–H and O–H groups in total. The average Bonchev–Trinajstić information content (AvgIpc) is 2.36.